The summed E-state index contributed by atoms with van der Waals surface area (Å²) in [4.78, 5) is 13.2. The van der Waals surface area contributed by atoms with E-state index in [4.69, 9.17) is 4.74 Å². The number of hydrogen-bond donors (Lipinski definition) is 0. The van der Waals surface area contributed by atoms with Crippen LogP contribution in [0.2, 0.25) is 0 Å². The maximum Gasteiger partial charge on any atom is 0.225 e. The first-order valence-corrected chi connectivity index (χ1v) is 4.13. The number of hydrogen-bond acceptors (Lipinski definition) is 2. The Labute approximate surface area is 66.3 Å². The Morgan fingerprint density at radius 1 is 1.45 bits per heavy atom. The smallest absolute Gasteiger partial charge is 0.225 e. The highest BCUT2D eigenvalue weighted by Crippen LogP contribution is 2.32. The molecule has 3 heteroatoms. The molecule has 0 aromatic rings. The second kappa shape index (κ2) is 2.48. The van der Waals surface area contributed by atoms with Gasteiger partial charge in [-0.2, -0.15) is 0 Å². The van der Waals surface area contributed by atoms with Crippen LogP contribution in [-0.4, -0.2) is 37.1 Å². The van der Waals surface area contributed by atoms with Crippen molar-refractivity contribution in [1.82, 2.24) is 4.90 Å². The van der Waals surface area contributed by atoms with Gasteiger partial charge in [0.2, 0.25) is 5.91 Å². The van der Waals surface area contributed by atoms with Crippen LogP contribution in [0.25, 0.3) is 0 Å². The van der Waals surface area contributed by atoms with Gasteiger partial charge in [-0.05, 0) is 12.8 Å². The molecule has 1 aliphatic heterocycles. The van der Waals surface area contributed by atoms with Crippen molar-refractivity contribution in [3.05, 3.63) is 0 Å². The third kappa shape index (κ3) is 1.25. The summed E-state index contributed by atoms with van der Waals surface area (Å²) in [6.07, 6.45) is 2.51. The van der Waals surface area contributed by atoms with Gasteiger partial charge in [-0.3, -0.25) is 4.79 Å². The third-order valence-electron chi connectivity index (χ3n) is 2.42. The first-order valence-electron chi connectivity index (χ1n) is 4.13. The molecule has 62 valence electrons. The van der Waals surface area contributed by atoms with Crippen molar-refractivity contribution < 1.29 is 9.53 Å². The molecule has 0 spiro atoms. The fourth-order valence-electron chi connectivity index (χ4n) is 1.36. The van der Waals surface area contributed by atoms with Gasteiger partial charge in [0.1, 0.15) is 0 Å². The van der Waals surface area contributed by atoms with E-state index in [2.05, 4.69) is 0 Å². The lowest BCUT2D eigenvalue weighted by atomic mass is 10.1. The van der Waals surface area contributed by atoms with E-state index in [9.17, 15) is 4.79 Å². The molecule has 0 atom stereocenters. The predicted molar refractivity (Wildman–Crippen MR) is 40.1 cm³/mol. The van der Waals surface area contributed by atoms with Crippen LogP contribution < -0.4 is 0 Å². The zero-order valence-electron chi connectivity index (χ0n) is 6.75. The summed E-state index contributed by atoms with van der Waals surface area (Å²) >= 11 is 0. The lowest BCUT2D eigenvalue weighted by Crippen LogP contribution is -2.54. The van der Waals surface area contributed by atoms with E-state index >= 15 is 0 Å². The van der Waals surface area contributed by atoms with Gasteiger partial charge in [-0.15, -0.1) is 0 Å². The van der Waals surface area contributed by atoms with E-state index in [1.165, 1.54) is 0 Å². The second-order valence-corrected chi connectivity index (χ2v) is 3.38. The van der Waals surface area contributed by atoms with Gasteiger partial charge in [0.15, 0.2) is 0 Å². The number of rotatable bonds is 2. The molecular weight excluding hydrogens is 142 g/mol. The molecule has 0 unspecified atom stereocenters. The molecule has 0 aromatic heterocycles. The SMILES string of the molecule is COC1CN(C(=O)C2CC2)C1. The van der Waals surface area contributed by atoms with Gasteiger partial charge in [-0.25, -0.2) is 0 Å². The predicted octanol–water partition coefficient (Wildman–Crippen LogP) is 0.254. The Bertz CT molecular complexity index is 171. The van der Waals surface area contributed by atoms with E-state index in [1.807, 2.05) is 4.90 Å². The van der Waals surface area contributed by atoms with Crippen molar-refractivity contribution in [2.75, 3.05) is 20.2 Å². The van der Waals surface area contributed by atoms with Gasteiger partial charge >= 0.3 is 0 Å². The van der Waals surface area contributed by atoms with Crippen LogP contribution in [0.1, 0.15) is 12.8 Å². The normalized spacial score (nSPS) is 25.0. The summed E-state index contributed by atoms with van der Waals surface area (Å²) in [7, 11) is 1.70. The molecule has 0 radical (unpaired) electrons. The maximum atomic E-state index is 11.3. The molecule has 0 bridgehead atoms. The Balaban J connectivity index is 1.76. The Morgan fingerprint density at radius 2 is 2.09 bits per heavy atom. The number of methoxy groups -OCH3 is 1. The zero-order chi connectivity index (χ0) is 7.84. The summed E-state index contributed by atoms with van der Waals surface area (Å²) < 4.78 is 5.07. The first kappa shape index (κ1) is 7.10. The minimum absolute atomic E-state index is 0.303. The topological polar surface area (TPSA) is 29.5 Å². The van der Waals surface area contributed by atoms with Crippen LogP contribution in [0, 0.1) is 5.92 Å². The molecule has 2 aliphatic rings. The van der Waals surface area contributed by atoms with Crippen molar-refractivity contribution in [1.29, 1.82) is 0 Å². The summed E-state index contributed by atoms with van der Waals surface area (Å²) in [5.41, 5.74) is 0. The fourth-order valence-corrected chi connectivity index (χ4v) is 1.36. The lowest BCUT2D eigenvalue weighted by molar-refractivity contribution is -0.144. The Morgan fingerprint density at radius 3 is 2.55 bits per heavy atom. The van der Waals surface area contributed by atoms with Crippen molar-refractivity contribution in [2.45, 2.75) is 18.9 Å². The number of likely N-dealkylation sites (tertiary alicyclic amines) is 1. The quantitative estimate of drug-likeness (QED) is 0.572. The maximum absolute atomic E-state index is 11.3. The molecule has 1 heterocycles. The van der Waals surface area contributed by atoms with Crippen molar-refractivity contribution in [3.8, 4) is 0 Å². The molecule has 11 heavy (non-hydrogen) atoms. The molecule has 2 rings (SSSR count). The molecule has 3 nitrogen and oxygen atoms in total. The number of amides is 1. The molecule has 0 aromatic carbocycles. The van der Waals surface area contributed by atoms with Crippen molar-refractivity contribution in [2.24, 2.45) is 5.92 Å². The lowest BCUT2D eigenvalue weighted by Gasteiger charge is -2.38. The molecule has 1 amide bonds. The molecule has 2 fully saturated rings. The fraction of sp³-hybridized carbons (Fsp3) is 0.875. The van der Waals surface area contributed by atoms with E-state index in [1.54, 1.807) is 7.11 Å². The van der Waals surface area contributed by atoms with E-state index in [0.717, 1.165) is 25.9 Å². The van der Waals surface area contributed by atoms with Crippen LogP contribution in [0.3, 0.4) is 0 Å². The van der Waals surface area contributed by atoms with E-state index < -0.39 is 0 Å². The Hall–Kier alpha value is -0.570. The van der Waals surface area contributed by atoms with Gasteiger partial charge in [0.05, 0.1) is 6.10 Å². The molecule has 1 aliphatic carbocycles. The molecule has 1 saturated carbocycles. The highest BCUT2D eigenvalue weighted by molar-refractivity contribution is 5.81. The largest absolute Gasteiger partial charge is 0.378 e. The van der Waals surface area contributed by atoms with Crippen LogP contribution >= 0.6 is 0 Å². The summed E-state index contributed by atoms with van der Waals surface area (Å²) in [5.74, 6) is 0.714. The van der Waals surface area contributed by atoms with Crippen molar-refractivity contribution >= 4 is 5.91 Å². The van der Waals surface area contributed by atoms with Gasteiger partial charge in [0.25, 0.3) is 0 Å². The van der Waals surface area contributed by atoms with Crippen LogP contribution in [0.4, 0.5) is 0 Å². The third-order valence-corrected chi connectivity index (χ3v) is 2.42. The molecule has 1 saturated heterocycles. The highest BCUT2D eigenvalue weighted by atomic mass is 16.5. The first-order chi connectivity index (χ1) is 5.31. The number of nitrogens with zero attached hydrogens (tertiary/aromatic N) is 1. The minimum Gasteiger partial charge on any atom is -0.378 e. The van der Waals surface area contributed by atoms with Gasteiger partial charge < -0.3 is 9.64 Å². The summed E-state index contributed by atoms with van der Waals surface area (Å²) in [5, 5.41) is 0. The Kier molecular flexibility index (Phi) is 1.60. The number of ether oxygens (including phenoxy) is 1. The van der Waals surface area contributed by atoms with Crippen LogP contribution in [-0.2, 0) is 9.53 Å². The van der Waals surface area contributed by atoms with E-state index in [0.29, 0.717) is 17.9 Å². The average molecular weight is 155 g/mol. The average Bonchev–Trinajstić information content (AvgIpc) is 2.65. The number of carbonyl (C=O) groups is 1. The highest BCUT2D eigenvalue weighted by Gasteiger charge is 2.38. The molecular formula is C8H13NO2. The molecule has 0 N–H and O–H groups in total. The summed E-state index contributed by atoms with van der Waals surface area (Å²) in [6.45, 7) is 1.62. The monoisotopic (exact) mass is 155 g/mol. The zero-order valence-corrected chi connectivity index (χ0v) is 6.75. The minimum atomic E-state index is 0.303. The van der Waals surface area contributed by atoms with E-state index in [-0.39, 0.29) is 0 Å². The standard InChI is InChI=1S/C8H13NO2/c1-11-7-4-9(5-7)8(10)6-2-3-6/h6-7H,2-5H2,1H3. The van der Waals surface area contributed by atoms with Crippen LogP contribution in [0.15, 0.2) is 0 Å². The number of carbonyl (C=O) groups excluding carboxylic acids is 1. The second-order valence-electron chi connectivity index (χ2n) is 3.38. The summed E-state index contributed by atoms with van der Waals surface area (Å²) in [6, 6.07) is 0. The van der Waals surface area contributed by atoms with Crippen LogP contribution in [0.5, 0.6) is 0 Å². The van der Waals surface area contributed by atoms with Gasteiger partial charge in [0, 0.05) is 26.1 Å². The van der Waals surface area contributed by atoms with Gasteiger partial charge in [-0.1, -0.05) is 0 Å². The van der Waals surface area contributed by atoms with Crippen molar-refractivity contribution in [3.63, 3.8) is 0 Å².